The third kappa shape index (κ3) is 5.67. The lowest BCUT2D eigenvalue weighted by Gasteiger charge is -2.26. The molecule has 0 aliphatic rings. The predicted octanol–water partition coefficient (Wildman–Crippen LogP) is 2.94. The first kappa shape index (κ1) is 19.2. The minimum absolute atomic E-state index is 0.0432. The summed E-state index contributed by atoms with van der Waals surface area (Å²) in [6.07, 6.45) is 0. The lowest BCUT2D eigenvalue weighted by Crippen LogP contribution is -2.48. The summed E-state index contributed by atoms with van der Waals surface area (Å²) in [6, 6.07) is 7.56. The van der Waals surface area contributed by atoms with Crippen molar-refractivity contribution in [3.63, 3.8) is 0 Å². The number of nitrogens with one attached hydrogen (secondary N) is 3. The zero-order valence-electron chi connectivity index (χ0n) is 14.9. The van der Waals surface area contributed by atoms with Crippen LogP contribution in [0.25, 0.3) is 0 Å². The molecule has 1 aromatic carbocycles. The highest BCUT2D eigenvalue weighted by Crippen LogP contribution is 2.24. The average molecular weight is 319 g/mol. The summed E-state index contributed by atoms with van der Waals surface area (Å²) in [4.78, 5) is 23.3. The van der Waals surface area contributed by atoms with Gasteiger partial charge < -0.3 is 5.32 Å². The molecular weight excluding hydrogens is 290 g/mol. The molecule has 3 amide bonds. The second-order valence-electron chi connectivity index (χ2n) is 6.50. The van der Waals surface area contributed by atoms with Crippen molar-refractivity contribution in [3.05, 3.63) is 35.4 Å². The first-order chi connectivity index (χ1) is 10.8. The van der Waals surface area contributed by atoms with Gasteiger partial charge in [-0.15, -0.1) is 0 Å². The normalized spacial score (nSPS) is 13.7. The molecule has 0 unspecified atom stereocenters. The third-order valence-electron chi connectivity index (χ3n) is 3.92. The Morgan fingerprint density at radius 1 is 0.913 bits per heavy atom. The van der Waals surface area contributed by atoms with E-state index in [2.05, 4.69) is 67.9 Å². The highest BCUT2D eigenvalue weighted by atomic mass is 16.2. The Labute approximate surface area is 139 Å². The van der Waals surface area contributed by atoms with Crippen LogP contribution in [0.5, 0.6) is 0 Å². The van der Waals surface area contributed by atoms with Crippen molar-refractivity contribution in [2.75, 3.05) is 7.05 Å². The summed E-state index contributed by atoms with van der Waals surface area (Å²) in [7, 11) is 1.48. The molecule has 128 valence electrons. The van der Waals surface area contributed by atoms with Gasteiger partial charge in [-0.3, -0.25) is 15.4 Å². The summed E-state index contributed by atoms with van der Waals surface area (Å²) >= 11 is 0. The Morgan fingerprint density at radius 2 is 1.43 bits per heavy atom. The monoisotopic (exact) mass is 319 g/mol. The maximum Gasteiger partial charge on any atom is 0.321 e. The Morgan fingerprint density at radius 3 is 1.87 bits per heavy atom. The van der Waals surface area contributed by atoms with Crippen LogP contribution in [-0.4, -0.2) is 25.0 Å². The van der Waals surface area contributed by atoms with E-state index >= 15 is 0 Å². The van der Waals surface area contributed by atoms with Gasteiger partial charge in [-0.1, -0.05) is 52.0 Å². The Bertz CT molecular complexity index is 524. The Hall–Kier alpha value is -1.88. The first-order valence-corrected chi connectivity index (χ1v) is 8.14. The molecule has 0 saturated heterocycles. The zero-order valence-corrected chi connectivity index (χ0v) is 14.9. The minimum Gasteiger partial charge on any atom is -0.341 e. The molecule has 1 aromatic rings. The van der Waals surface area contributed by atoms with Crippen LogP contribution in [0.15, 0.2) is 24.3 Å². The van der Waals surface area contributed by atoms with Crippen molar-refractivity contribution in [3.8, 4) is 0 Å². The summed E-state index contributed by atoms with van der Waals surface area (Å²) in [6.45, 7) is 10.3. The molecule has 0 aliphatic heterocycles. The van der Waals surface area contributed by atoms with Crippen LogP contribution in [0, 0.1) is 5.92 Å². The number of carbonyl (C=O) groups is 2. The van der Waals surface area contributed by atoms with E-state index in [0.29, 0.717) is 11.8 Å². The summed E-state index contributed by atoms with van der Waals surface area (Å²) in [5, 5.41) is 7.99. The van der Waals surface area contributed by atoms with Crippen molar-refractivity contribution in [1.29, 1.82) is 0 Å². The van der Waals surface area contributed by atoms with Crippen LogP contribution >= 0.6 is 0 Å². The molecule has 5 heteroatoms. The van der Waals surface area contributed by atoms with E-state index in [0.717, 1.165) is 5.56 Å². The number of hydrogen-bond acceptors (Lipinski definition) is 3. The number of hydrogen-bond donors (Lipinski definition) is 3. The number of rotatable bonds is 6. The number of amides is 3. The minimum atomic E-state index is -0.494. The van der Waals surface area contributed by atoms with Gasteiger partial charge in [-0.25, -0.2) is 4.79 Å². The number of urea groups is 1. The van der Waals surface area contributed by atoms with E-state index in [1.807, 2.05) is 0 Å². The highest BCUT2D eigenvalue weighted by Gasteiger charge is 2.22. The second kappa shape index (κ2) is 8.67. The quantitative estimate of drug-likeness (QED) is 0.755. The molecule has 5 nitrogen and oxygen atoms in total. The van der Waals surface area contributed by atoms with Crippen molar-refractivity contribution in [2.45, 2.75) is 52.6 Å². The van der Waals surface area contributed by atoms with Gasteiger partial charge in [0.2, 0.25) is 5.91 Å². The first-order valence-electron chi connectivity index (χ1n) is 8.14. The maximum absolute atomic E-state index is 12.0. The van der Waals surface area contributed by atoms with E-state index in [9.17, 15) is 9.59 Å². The summed E-state index contributed by atoms with van der Waals surface area (Å²) in [5.74, 6) is 0.468. The van der Waals surface area contributed by atoms with E-state index in [4.69, 9.17) is 0 Å². The van der Waals surface area contributed by atoms with Gasteiger partial charge in [0.1, 0.15) is 0 Å². The highest BCUT2D eigenvalue weighted by molar-refractivity contribution is 5.96. The molecule has 3 N–H and O–H groups in total. The van der Waals surface area contributed by atoms with Crippen molar-refractivity contribution >= 4 is 11.9 Å². The van der Waals surface area contributed by atoms with Gasteiger partial charge in [0, 0.05) is 13.1 Å². The molecule has 1 rings (SSSR count). The number of imide groups is 1. The average Bonchev–Trinajstić information content (AvgIpc) is 2.51. The SMILES string of the molecule is CNC(=O)NC(=O)[C@@H](C)N[C@@H](c1ccc(C(C)C)cc1)C(C)C. The summed E-state index contributed by atoms with van der Waals surface area (Å²) < 4.78 is 0. The van der Waals surface area contributed by atoms with E-state index in [1.165, 1.54) is 12.6 Å². The van der Waals surface area contributed by atoms with Crippen LogP contribution in [-0.2, 0) is 4.79 Å². The second-order valence-corrected chi connectivity index (χ2v) is 6.50. The molecule has 2 atom stereocenters. The van der Waals surface area contributed by atoms with Crippen LogP contribution in [0.1, 0.15) is 57.7 Å². The van der Waals surface area contributed by atoms with Crippen LogP contribution < -0.4 is 16.0 Å². The smallest absolute Gasteiger partial charge is 0.321 e. The lowest BCUT2D eigenvalue weighted by atomic mass is 9.93. The number of benzene rings is 1. The van der Waals surface area contributed by atoms with E-state index < -0.39 is 12.1 Å². The van der Waals surface area contributed by atoms with Crippen LogP contribution in [0.3, 0.4) is 0 Å². The Kier molecular flexibility index (Phi) is 7.23. The fourth-order valence-corrected chi connectivity index (χ4v) is 2.39. The van der Waals surface area contributed by atoms with E-state index in [-0.39, 0.29) is 11.9 Å². The molecule has 23 heavy (non-hydrogen) atoms. The molecule has 0 aromatic heterocycles. The molecule has 0 bridgehead atoms. The fourth-order valence-electron chi connectivity index (χ4n) is 2.39. The molecular formula is C18H29N3O2. The van der Waals surface area contributed by atoms with Crippen molar-refractivity contribution in [2.24, 2.45) is 5.92 Å². The maximum atomic E-state index is 12.0. The van der Waals surface area contributed by atoms with Gasteiger partial charge in [-0.05, 0) is 29.9 Å². The van der Waals surface area contributed by atoms with Crippen molar-refractivity contribution in [1.82, 2.24) is 16.0 Å². The fraction of sp³-hybridized carbons (Fsp3) is 0.556. The van der Waals surface area contributed by atoms with Gasteiger partial charge in [0.25, 0.3) is 0 Å². The predicted molar refractivity (Wildman–Crippen MR) is 93.3 cm³/mol. The largest absolute Gasteiger partial charge is 0.341 e. The van der Waals surface area contributed by atoms with E-state index in [1.54, 1.807) is 6.92 Å². The van der Waals surface area contributed by atoms with Crippen molar-refractivity contribution < 1.29 is 9.59 Å². The zero-order chi connectivity index (χ0) is 17.6. The molecule has 0 fully saturated rings. The molecule has 0 spiro atoms. The van der Waals surface area contributed by atoms with Crippen LogP contribution in [0.4, 0.5) is 4.79 Å². The molecule has 0 heterocycles. The molecule has 0 radical (unpaired) electrons. The molecule has 0 aliphatic carbocycles. The molecule has 0 saturated carbocycles. The van der Waals surface area contributed by atoms with Crippen LogP contribution in [0.2, 0.25) is 0 Å². The Balaban J connectivity index is 2.82. The van der Waals surface area contributed by atoms with Gasteiger partial charge in [-0.2, -0.15) is 0 Å². The topological polar surface area (TPSA) is 70.2 Å². The van der Waals surface area contributed by atoms with Gasteiger partial charge in [0.05, 0.1) is 6.04 Å². The lowest BCUT2D eigenvalue weighted by molar-refractivity contribution is -0.121. The summed E-state index contributed by atoms with van der Waals surface area (Å²) in [5.41, 5.74) is 2.44. The van der Waals surface area contributed by atoms with Gasteiger partial charge in [0.15, 0.2) is 0 Å². The van der Waals surface area contributed by atoms with Gasteiger partial charge >= 0.3 is 6.03 Å². The third-order valence-corrected chi connectivity index (χ3v) is 3.92. The number of carbonyl (C=O) groups excluding carboxylic acids is 2. The standard InChI is InChI=1S/C18H29N3O2/c1-11(2)14-7-9-15(10-8-14)16(12(3)4)20-13(5)17(22)21-18(23)19-6/h7-13,16,20H,1-6H3,(H2,19,21,22,23)/t13-,16-/m1/s1.